The molecule has 1 aliphatic carbocycles. The minimum absolute atomic E-state index is 0.460. The lowest BCUT2D eigenvalue weighted by atomic mass is 10.2. The summed E-state index contributed by atoms with van der Waals surface area (Å²) in [4.78, 5) is 4.24. The SMILES string of the molecule is CCNc1cc(NC2CC2(C)C)ccn1. The topological polar surface area (TPSA) is 37.0 Å². The molecule has 3 nitrogen and oxygen atoms in total. The molecule has 0 amide bonds. The first-order chi connectivity index (χ1) is 7.12. The van der Waals surface area contributed by atoms with Crippen molar-refractivity contribution in [3.8, 4) is 0 Å². The molecule has 1 aromatic rings. The number of nitrogens with one attached hydrogen (secondary N) is 2. The number of rotatable bonds is 4. The van der Waals surface area contributed by atoms with Crippen LogP contribution in [0.3, 0.4) is 0 Å². The first kappa shape index (κ1) is 10.3. The molecule has 1 aliphatic rings. The summed E-state index contributed by atoms with van der Waals surface area (Å²) < 4.78 is 0. The predicted octanol–water partition coefficient (Wildman–Crippen LogP) is 2.72. The molecule has 3 heteroatoms. The predicted molar refractivity (Wildman–Crippen MR) is 64.2 cm³/mol. The molecule has 0 aromatic carbocycles. The minimum Gasteiger partial charge on any atom is -0.382 e. The van der Waals surface area contributed by atoms with Crippen LogP contribution < -0.4 is 10.6 Å². The Labute approximate surface area is 91.3 Å². The zero-order valence-electron chi connectivity index (χ0n) is 9.67. The van der Waals surface area contributed by atoms with Gasteiger partial charge in [0.1, 0.15) is 5.82 Å². The van der Waals surface area contributed by atoms with Gasteiger partial charge in [0.2, 0.25) is 0 Å². The highest BCUT2D eigenvalue weighted by Crippen LogP contribution is 2.46. The van der Waals surface area contributed by atoms with Gasteiger partial charge in [0.05, 0.1) is 0 Å². The van der Waals surface area contributed by atoms with Gasteiger partial charge in [-0.15, -0.1) is 0 Å². The van der Waals surface area contributed by atoms with Crippen molar-refractivity contribution >= 4 is 11.5 Å². The van der Waals surface area contributed by atoms with Crippen molar-refractivity contribution in [2.24, 2.45) is 5.41 Å². The molecule has 0 aliphatic heterocycles. The molecule has 1 heterocycles. The standard InChI is InChI=1S/C12H19N3/c1-4-13-11-7-9(5-6-14-11)15-10-8-12(10,2)3/h5-7,10H,4,8H2,1-3H3,(H2,13,14,15). The minimum atomic E-state index is 0.460. The molecule has 2 N–H and O–H groups in total. The van der Waals surface area contributed by atoms with Gasteiger partial charge in [-0.2, -0.15) is 0 Å². The Morgan fingerprint density at radius 1 is 1.53 bits per heavy atom. The number of aromatic nitrogens is 1. The van der Waals surface area contributed by atoms with Crippen LogP contribution in [-0.2, 0) is 0 Å². The molecule has 1 fully saturated rings. The average Bonchev–Trinajstić information content (AvgIpc) is 2.74. The third kappa shape index (κ3) is 2.41. The summed E-state index contributed by atoms with van der Waals surface area (Å²) in [5.74, 6) is 0.945. The van der Waals surface area contributed by atoms with Crippen molar-refractivity contribution in [1.29, 1.82) is 0 Å². The van der Waals surface area contributed by atoms with E-state index in [4.69, 9.17) is 0 Å². The van der Waals surface area contributed by atoms with E-state index < -0.39 is 0 Å². The fourth-order valence-electron chi connectivity index (χ4n) is 1.71. The molecular weight excluding hydrogens is 186 g/mol. The van der Waals surface area contributed by atoms with Crippen molar-refractivity contribution in [2.45, 2.75) is 33.2 Å². The molecule has 1 unspecified atom stereocenters. The van der Waals surface area contributed by atoms with Crippen LogP contribution in [0.1, 0.15) is 27.2 Å². The van der Waals surface area contributed by atoms with Gasteiger partial charge in [0, 0.05) is 30.5 Å². The van der Waals surface area contributed by atoms with Crippen LogP contribution >= 0.6 is 0 Å². The van der Waals surface area contributed by atoms with Crippen LogP contribution in [0.4, 0.5) is 11.5 Å². The number of nitrogens with zero attached hydrogens (tertiary/aromatic N) is 1. The van der Waals surface area contributed by atoms with E-state index in [1.54, 1.807) is 0 Å². The maximum Gasteiger partial charge on any atom is 0.127 e. The molecule has 1 atom stereocenters. The van der Waals surface area contributed by atoms with Crippen molar-refractivity contribution in [3.05, 3.63) is 18.3 Å². The first-order valence-electron chi connectivity index (χ1n) is 5.58. The summed E-state index contributed by atoms with van der Waals surface area (Å²) in [6, 6.07) is 4.71. The van der Waals surface area contributed by atoms with Gasteiger partial charge in [-0.25, -0.2) is 4.98 Å². The van der Waals surface area contributed by atoms with E-state index in [-0.39, 0.29) is 0 Å². The molecule has 0 spiro atoms. The van der Waals surface area contributed by atoms with Crippen LogP contribution in [0, 0.1) is 5.41 Å². The van der Waals surface area contributed by atoms with E-state index in [1.165, 1.54) is 6.42 Å². The molecular formula is C12H19N3. The Kier molecular flexibility index (Phi) is 2.55. The van der Waals surface area contributed by atoms with Gasteiger partial charge in [0.15, 0.2) is 0 Å². The molecule has 0 bridgehead atoms. The van der Waals surface area contributed by atoms with E-state index in [9.17, 15) is 0 Å². The van der Waals surface area contributed by atoms with Crippen molar-refractivity contribution < 1.29 is 0 Å². The maximum absolute atomic E-state index is 4.24. The van der Waals surface area contributed by atoms with E-state index in [2.05, 4.69) is 42.5 Å². The van der Waals surface area contributed by atoms with Crippen molar-refractivity contribution in [1.82, 2.24) is 4.98 Å². The van der Waals surface area contributed by atoms with E-state index in [0.717, 1.165) is 18.1 Å². The van der Waals surface area contributed by atoms with Gasteiger partial charge in [-0.05, 0) is 24.8 Å². The van der Waals surface area contributed by atoms with Crippen LogP contribution in [0.25, 0.3) is 0 Å². The average molecular weight is 205 g/mol. The molecule has 0 saturated heterocycles. The quantitative estimate of drug-likeness (QED) is 0.793. The number of hydrogen-bond donors (Lipinski definition) is 2. The summed E-state index contributed by atoms with van der Waals surface area (Å²) in [5, 5.41) is 6.74. The van der Waals surface area contributed by atoms with Gasteiger partial charge in [-0.1, -0.05) is 13.8 Å². The van der Waals surface area contributed by atoms with E-state index in [1.807, 2.05) is 12.3 Å². The Balaban J connectivity index is 2.00. The van der Waals surface area contributed by atoms with Gasteiger partial charge in [-0.3, -0.25) is 0 Å². The van der Waals surface area contributed by atoms with Crippen LogP contribution in [-0.4, -0.2) is 17.6 Å². The third-order valence-corrected chi connectivity index (χ3v) is 2.97. The van der Waals surface area contributed by atoms with Crippen molar-refractivity contribution in [3.63, 3.8) is 0 Å². The van der Waals surface area contributed by atoms with Gasteiger partial charge in [0.25, 0.3) is 0 Å². The zero-order chi connectivity index (χ0) is 10.9. The highest BCUT2D eigenvalue weighted by atomic mass is 15.0. The van der Waals surface area contributed by atoms with Crippen LogP contribution in [0.15, 0.2) is 18.3 Å². The summed E-state index contributed by atoms with van der Waals surface area (Å²) in [6.45, 7) is 7.56. The van der Waals surface area contributed by atoms with E-state index in [0.29, 0.717) is 11.5 Å². The monoisotopic (exact) mass is 205 g/mol. The first-order valence-corrected chi connectivity index (χ1v) is 5.58. The Morgan fingerprint density at radius 2 is 2.27 bits per heavy atom. The fourth-order valence-corrected chi connectivity index (χ4v) is 1.71. The molecule has 1 saturated carbocycles. The summed E-state index contributed by atoms with van der Waals surface area (Å²) in [7, 11) is 0. The van der Waals surface area contributed by atoms with Gasteiger partial charge < -0.3 is 10.6 Å². The Bertz CT molecular complexity index is 346. The lowest BCUT2D eigenvalue weighted by Crippen LogP contribution is -2.09. The normalized spacial score (nSPS) is 22.2. The molecule has 15 heavy (non-hydrogen) atoms. The van der Waals surface area contributed by atoms with Crippen LogP contribution in [0.5, 0.6) is 0 Å². The highest BCUT2D eigenvalue weighted by molar-refractivity contribution is 5.53. The Morgan fingerprint density at radius 3 is 2.87 bits per heavy atom. The Hall–Kier alpha value is -1.25. The number of pyridine rings is 1. The number of anilines is 2. The lowest BCUT2D eigenvalue weighted by Gasteiger charge is -2.09. The summed E-state index contributed by atoms with van der Waals surface area (Å²) in [6.07, 6.45) is 3.10. The van der Waals surface area contributed by atoms with Crippen LogP contribution in [0.2, 0.25) is 0 Å². The fraction of sp³-hybridized carbons (Fsp3) is 0.583. The zero-order valence-corrected chi connectivity index (χ0v) is 9.67. The summed E-state index contributed by atoms with van der Waals surface area (Å²) >= 11 is 0. The highest BCUT2D eigenvalue weighted by Gasteiger charge is 2.45. The number of hydrogen-bond acceptors (Lipinski definition) is 3. The lowest BCUT2D eigenvalue weighted by molar-refractivity contribution is 0.630. The molecule has 0 radical (unpaired) electrons. The second-order valence-corrected chi connectivity index (χ2v) is 4.85. The maximum atomic E-state index is 4.24. The second kappa shape index (κ2) is 3.72. The van der Waals surface area contributed by atoms with E-state index >= 15 is 0 Å². The molecule has 2 rings (SSSR count). The summed E-state index contributed by atoms with van der Waals surface area (Å²) in [5.41, 5.74) is 1.62. The smallest absolute Gasteiger partial charge is 0.127 e. The largest absolute Gasteiger partial charge is 0.382 e. The second-order valence-electron chi connectivity index (χ2n) is 4.85. The van der Waals surface area contributed by atoms with Crippen molar-refractivity contribution in [2.75, 3.05) is 17.2 Å². The molecule has 1 aromatic heterocycles. The molecule has 82 valence electrons. The van der Waals surface area contributed by atoms with Gasteiger partial charge >= 0.3 is 0 Å². The third-order valence-electron chi connectivity index (χ3n) is 2.97.